The van der Waals surface area contributed by atoms with Gasteiger partial charge in [0.15, 0.2) is 0 Å². The number of hydrogen-bond donors (Lipinski definition) is 2. The van der Waals surface area contributed by atoms with Crippen LogP contribution in [0.4, 0.5) is 0 Å². The molecule has 2 aliphatic rings. The van der Waals surface area contributed by atoms with Crippen molar-refractivity contribution >= 4 is 27.5 Å². The molecule has 2 heterocycles. The summed E-state index contributed by atoms with van der Waals surface area (Å²) in [6.45, 7) is 8.80. The molecule has 3 rings (SSSR count). The molecule has 0 saturated carbocycles. The maximum absolute atomic E-state index is 12.7. The number of carbonyl (C=O) groups is 1. The van der Waals surface area contributed by atoms with E-state index in [4.69, 9.17) is 21.1 Å². The number of morpholine rings is 1. The van der Waals surface area contributed by atoms with Gasteiger partial charge in [-0.05, 0) is 37.0 Å². The molecule has 1 aromatic rings. The number of rotatable bonds is 9. The molecule has 0 spiro atoms. The van der Waals surface area contributed by atoms with Crippen molar-refractivity contribution in [3.63, 3.8) is 0 Å². The summed E-state index contributed by atoms with van der Waals surface area (Å²) in [6.07, 6.45) is 1.50. The summed E-state index contributed by atoms with van der Waals surface area (Å²) in [5.41, 5.74) is 0.233. The maximum Gasteiger partial charge on any atom is 0.251 e. The third-order valence-corrected chi connectivity index (χ3v) is 7.25. The highest BCUT2D eigenvalue weighted by Crippen LogP contribution is 2.23. The van der Waals surface area contributed by atoms with Gasteiger partial charge >= 0.3 is 0 Å². The predicted molar refractivity (Wildman–Crippen MR) is 119 cm³/mol. The van der Waals surface area contributed by atoms with Crippen molar-refractivity contribution in [1.29, 1.82) is 0 Å². The number of carbonyl (C=O) groups excluding carboxylic acids is 1. The molecule has 0 radical (unpaired) electrons. The molecule has 0 aromatic heterocycles. The van der Waals surface area contributed by atoms with Crippen molar-refractivity contribution in [2.24, 2.45) is 5.92 Å². The minimum Gasteiger partial charge on any atom is -0.377 e. The molecule has 8 nitrogen and oxygen atoms in total. The SMILES string of the molecule is CC(C)CN1CCOC(CNC(=O)c2ccc(Cl)c(S(=O)(=O)NCC3CCCO3)c2)C1. The van der Waals surface area contributed by atoms with Crippen LogP contribution in [0.25, 0.3) is 0 Å². The molecule has 2 aliphatic heterocycles. The Labute approximate surface area is 189 Å². The molecule has 1 aromatic carbocycles. The van der Waals surface area contributed by atoms with Crippen molar-refractivity contribution < 1.29 is 22.7 Å². The van der Waals surface area contributed by atoms with Gasteiger partial charge in [0.2, 0.25) is 10.0 Å². The van der Waals surface area contributed by atoms with E-state index in [-0.39, 0.29) is 40.1 Å². The third-order valence-electron chi connectivity index (χ3n) is 5.34. The van der Waals surface area contributed by atoms with Crippen molar-refractivity contribution in [3.8, 4) is 0 Å². The first kappa shape index (κ1) is 24.4. The third kappa shape index (κ3) is 7.13. The normalized spacial score (nSPS) is 22.7. The molecule has 174 valence electrons. The zero-order chi connectivity index (χ0) is 22.4. The van der Waals surface area contributed by atoms with Gasteiger partial charge in [0.25, 0.3) is 5.91 Å². The molecule has 2 fully saturated rings. The highest BCUT2D eigenvalue weighted by atomic mass is 35.5. The number of sulfonamides is 1. The fourth-order valence-corrected chi connectivity index (χ4v) is 5.42. The Bertz CT molecular complexity index is 859. The summed E-state index contributed by atoms with van der Waals surface area (Å²) in [4.78, 5) is 14.9. The number of benzene rings is 1. The largest absolute Gasteiger partial charge is 0.377 e. The van der Waals surface area contributed by atoms with Gasteiger partial charge in [0, 0.05) is 44.9 Å². The zero-order valence-electron chi connectivity index (χ0n) is 18.1. The minimum absolute atomic E-state index is 0.0660. The van der Waals surface area contributed by atoms with Crippen LogP contribution < -0.4 is 10.0 Å². The number of amides is 1. The number of nitrogens with zero attached hydrogens (tertiary/aromatic N) is 1. The topological polar surface area (TPSA) is 97.0 Å². The van der Waals surface area contributed by atoms with Gasteiger partial charge in [-0.15, -0.1) is 0 Å². The molecule has 2 atom stereocenters. The molecule has 2 unspecified atom stereocenters. The smallest absolute Gasteiger partial charge is 0.251 e. The van der Waals surface area contributed by atoms with E-state index in [1.54, 1.807) is 0 Å². The van der Waals surface area contributed by atoms with Crippen LogP contribution in [0, 0.1) is 5.92 Å². The zero-order valence-corrected chi connectivity index (χ0v) is 19.7. The summed E-state index contributed by atoms with van der Waals surface area (Å²) in [5, 5.41) is 2.91. The molecule has 10 heteroatoms. The predicted octanol–water partition coefficient (Wildman–Crippen LogP) is 1.88. The van der Waals surface area contributed by atoms with Gasteiger partial charge in [-0.1, -0.05) is 25.4 Å². The van der Waals surface area contributed by atoms with Crippen LogP contribution in [0.2, 0.25) is 5.02 Å². The van der Waals surface area contributed by atoms with Crippen LogP contribution in [0.3, 0.4) is 0 Å². The Morgan fingerprint density at radius 2 is 2.00 bits per heavy atom. The van der Waals surface area contributed by atoms with E-state index in [0.29, 0.717) is 25.7 Å². The van der Waals surface area contributed by atoms with Gasteiger partial charge in [-0.2, -0.15) is 0 Å². The lowest BCUT2D eigenvalue weighted by molar-refractivity contribution is -0.0295. The first-order chi connectivity index (χ1) is 14.7. The molecule has 0 aliphatic carbocycles. The van der Waals surface area contributed by atoms with Crippen LogP contribution in [0.5, 0.6) is 0 Å². The second-order valence-electron chi connectivity index (χ2n) is 8.49. The molecule has 2 N–H and O–H groups in total. The Hall–Kier alpha value is -1.23. The number of halogens is 1. The highest BCUT2D eigenvalue weighted by Gasteiger charge is 2.25. The van der Waals surface area contributed by atoms with Crippen molar-refractivity contribution in [3.05, 3.63) is 28.8 Å². The van der Waals surface area contributed by atoms with Crippen molar-refractivity contribution in [2.45, 2.75) is 43.8 Å². The molecular formula is C21H32ClN3O5S. The van der Waals surface area contributed by atoms with Crippen LogP contribution in [-0.4, -0.2) is 77.4 Å². The molecule has 31 heavy (non-hydrogen) atoms. The minimum atomic E-state index is -3.86. The van der Waals surface area contributed by atoms with E-state index in [9.17, 15) is 13.2 Å². The number of nitrogens with one attached hydrogen (secondary N) is 2. The van der Waals surface area contributed by atoms with E-state index >= 15 is 0 Å². The van der Waals surface area contributed by atoms with E-state index < -0.39 is 10.0 Å². The van der Waals surface area contributed by atoms with Crippen molar-refractivity contribution in [2.75, 3.05) is 45.9 Å². The van der Waals surface area contributed by atoms with Gasteiger partial charge in [0.1, 0.15) is 4.90 Å². The van der Waals surface area contributed by atoms with E-state index in [1.807, 2.05) is 0 Å². The van der Waals surface area contributed by atoms with Gasteiger partial charge in [0.05, 0.1) is 23.8 Å². The Morgan fingerprint density at radius 1 is 1.23 bits per heavy atom. The second-order valence-corrected chi connectivity index (χ2v) is 10.6. The fourth-order valence-electron chi connectivity index (χ4n) is 3.83. The Kier molecular flexibility index (Phi) is 8.72. The molecule has 1 amide bonds. The van der Waals surface area contributed by atoms with Crippen LogP contribution in [-0.2, 0) is 19.5 Å². The highest BCUT2D eigenvalue weighted by molar-refractivity contribution is 7.89. The van der Waals surface area contributed by atoms with Crippen molar-refractivity contribution in [1.82, 2.24) is 14.9 Å². The average Bonchev–Trinajstić information content (AvgIpc) is 3.24. The molecule has 0 bridgehead atoms. The summed E-state index contributed by atoms with van der Waals surface area (Å²) >= 11 is 6.13. The fraction of sp³-hybridized carbons (Fsp3) is 0.667. The average molecular weight is 474 g/mol. The molecule has 2 saturated heterocycles. The Morgan fingerprint density at radius 3 is 2.71 bits per heavy atom. The standard InChI is InChI=1S/C21H32ClN3O5S/c1-15(2)13-25-7-9-30-18(14-25)11-23-21(26)16-5-6-19(22)20(10-16)31(27,28)24-12-17-4-3-8-29-17/h5-6,10,15,17-18,24H,3-4,7-9,11-14H2,1-2H3,(H,23,26). The first-order valence-electron chi connectivity index (χ1n) is 10.8. The van der Waals surface area contributed by atoms with Crippen LogP contribution in [0.1, 0.15) is 37.0 Å². The lowest BCUT2D eigenvalue weighted by Gasteiger charge is -2.33. The second kappa shape index (κ2) is 11.1. The lowest BCUT2D eigenvalue weighted by atomic mass is 10.1. The Balaban J connectivity index is 1.59. The first-order valence-corrected chi connectivity index (χ1v) is 12.6. The van der Waals surface area contributed by atoms with Gasteiger partial charge in [-0.25, -0.2) is 13.1 Å². The summed E-state index contributed by atoms with van der Waals surface area (Å²) in [7, 11) is -3.86. The van der Waals surface area contributed by atoms with E-state index in [1.165, 1.54) is 18.2 Å². The number of hydrogen-bond acceptors (Lipinski definition) is 6. The quantitative estimate of drug-likeness (QED) is 0.568. The number of ether oxygens (including phenoxy) is 2. The summed E-state index contributed by atoms with van der Waals surface area (Å²) < 4.78 is 39.2. The van der Waals surface area contributed by atoms with E-state index in [2.05, 4.69) is 28.8 Å². The van der Waals surface area contributed by atoms with Gasteiger partial charge < -0.3 is 14.8 Å². The van der Waals surface area contributed by atoms with Crippen LogP contribution >= 0.6 is 11.6 Å². The monoisotopic (exact) mass is 473 g/mol. The summed E-state index contributed by atoms with van der Waals surface area (Å²) in [6, 6.07) is 4.25. The lowest BCUT2D eigenvalue weighted by Crippen LogP contribution is -2.48. The van der Waals surface area contributed by atoms with E-state index in [0.717, 1.165) is 32.5 Å². The molecular weight excluding hydrogens is 442 g/mol. The summed E-state index contributed by atoms with van der Waals surface area (Å²) in [5.74, 6) is 0.202. The maximum atomic E-state index is 12.7. The van der Waals surface area contributed by atoms with Gasteiger partial charge in [-0.3, -0.25) is 9.69 Å². The van der Waals surface area contributed by atoms with Crippen LogP contribution in [0.15, 0.2) is 23.1 Å².